The minimum Gasteiger partial charge on any atom is -0.313 e. The molecule has 1 unspecified atom stereocenters. The van der Waals surface area contributed by atoms with E-state index in [9.17, 15) is 0 Å². The number of aromatic nitrogens is 2. The van der Waals surface area contributed by atoms with Crippen molar-refractivity contribution in [1.82, 2.24) is 15.3 Å². The van der Waals surface area contributed by atoms with Crippen molar-refractivity contribution in [3.63, 3.8) is 0 Å². The van der Waals surface area contributed by atoms with Crippen molar-refractivity contribution in [2.24, 2.45) is 5.92 Å². The SMILES string of the molecule is CNC(c1cccc2nccnc12)C1CCCC1. The van der Waals surface area contributed by atoms with Gasteiger partial charge in [0.25, 0.3) is 0 Å². The van der Waals surface area contributed by atoms with E-state index in [2.05, 4.69) is 34.5 Å². The fraction of sp³-hybridized carbons (Fsp3) is 0.467. The lowest BCUT2D eigenvalue weighted by atomic mass is 9.91. The molecule has 1 heterocycles. The molecule has 1 aromatic heterocycles. The van der Waals surface area contributed by atoms with E-state index in [1.54, 1.807) is 12.4 Å². The van der Waals surface area contributed by atoms with Crippen LogP contribution in [0.25, 0.3) is 11.0 Å². The summed E-state index contributed by atoms with van der Waals surface area (Å²) in [4.78, 5) is 8.91. The van der Waals surface area contributed by atoms with Gasteiger partial charge in [-0.25, -0.2) is 0 Å². The molecule has 3 nitrogen and oxygen atoms in total. The zero-order valence-electron chi connectivity index (χ0n) is 10.8. The zero-order valence-corrected chi connectivity index (χ0v) is 10.8. The third-order valence-corrected chi connectivity index (χ3v) is 4.05. The van der Waals surface area contributed by atoms with Gasteiger partial charge in [0.15, 0.2) is 0 Å². The Morgan fingerprint density at radius 1 is 1.17 bits per heavy atom. The third-order valence-electron chi connectivity index (χ3n) is 4.05. The molecule has 2 aromatic rings. The first-order chi connectivity index (χ1) is 8.90. The Labute approximate surface area is 108 Å². The van der Waals surface area contributed by atoms with Crippen LogP contribution in [0.3, 0.4) is 0 Å². The normalized spacial score (nSPS) is 18.3. The summed E-state index contributed by atoms with van der Waals surface area (Å²) in [6.45, 7) is 0. The van der Waals surface area contributed by atoms with Gasteiger partial charge >= 0.3 is 0 Å². The van der Waals surface area contributed by atoms with E-state index in [1.165, 1.54) is 31.2 Å². The quantitative estimate of drug-likeness (QED) is 0.897. The molecule has 1 atom stereocenters. The van der Waals surface area contributed by atoms with E-state index in [0.717, 1.165) is 17.0 Å². The number of nitrogens with zero attached hydrogens (tertiary/aromatic N) is 2. The monoisotopic (exact) mass is 241 g/mol. The molecule has 1 fully saturated rings. The van der Waals surface area contributed by atoms with Gasteiger partial charge in [0.2, 0.25) is 0 Å². The highest BCUT2D eigenvalue weighted by molar-refractivity contribution is 5.78. The Bertz CT molecular complexity index is 527. The lowest BCUT2D eigenvalue weighted by Crippen LogP contribution is -2.24. The molecule has 1 aliphatic rings. The molecule has 0 spiro atoms. The van der Waals surface area contributed by atoms with Crippen LogP contribution in [0.5, 0.6) is 0 Å². The number of nitrogens with one attached hydrogen (secondary N) is 1. The molecule has 18 heavy (non-hydrogen) atoms. The van der Waals surface area contributed by atoms with E-state index in [-0.39, 0.29) is 0 Å². The molecule has 3 heteroatoms. The largest absolute Gasteiger partial charge is 0.313 e. The Morgan fingerprint density at radius 3 is 2.72 bits per heavy atom. The van der Waals surface area contributed by atoms with Crippen LogP contribution < -0.4 is 5.32 Å². The van der Waals surface area contributed by atoms with Gasteiger partial charge in [-0.15, -0.1) is 0 Å². The predicted molar refractivity (Wildman–Crippen MR) is 73.3 cm³/mol. The number of benzene rings is 1. The zero-order chi connectivity index (χ0) is 12.4. The maximum atomic E-state index is 4.52. The maximum Gasteiger partial charge on any atom is 0.0934 e. The second-order valence-corrected chi connectivity index (χ2v) is 5.08. The summed E-state index contributed by atoms with van der Waals surface area (Å²) < 4.78 is 0. The number of para-hydroxylation sites is 1. The van der Waals surface area contributed by atoms with E-state index in [1.807, 2.05) is 6.07 Å². The first-order valence-corrected chi connectivity index (χ1v) is 6.77. The van der Waals surface area contributed by atoms with Gasteiger partial charge in [0.1, 0.15) is 0 Å². The summed E-state index contributed by atoms with van der Waals surface area (Å²) in [6, 6.07) is 6.72. The standard InChI is InChI=1S/C15H19N3/c1-16-14(11-5-2-3-6-11)12-7-4-8-13-15(12)18-10-9-17-13/h4,7-11,14,16H,2-3,5-6H2,1H3. The molecule has 0 amide bonds. The van der Waals surface area contributed by atoms with E-state index >= 15 is 0 Å². The smallest absolute Gasteiger partial charge is 0.0934 e. The highest BCUT2D eigenvalue weighted by atomic mass is 14.9. The molecular formula is C15H19N3. The van der Waals surface area contributed by atoms with E-state index in [0.29, 0.717) is 6.04 Å². The highest BCUT2D eigenvalue weighted by Gasteiger charge is 2.26. The van der Waals surface area contributed by atoms with Gasteiger partial charge in [-0.1, -0.05) is 25.0 Å². The second-order valence-electron chi connectivity index (χ2n) is 5.08. The van der Waals surface area contributed by atoms with Crippen LogP contribution in [0.1, 0.15) is 37.3 Å². The molecule has 0 radical (unpaired) electrons. The van der Waals surface area contributed by atoms with Crippen LogP contribution in [0.2, 0.25) is 0 Å². The van der Waals surface area contributed by atoms with Crippen LogP contribution in [0, 0.1) is 5.92 Å². The fourth-order valence-electron chi connectivity index (χ4n) is 3.20. The number of fused-ring (bicyclic) bond motifs is 1. The van der Waals surface area contributed by atoms with Gasteiger partial charge in [-0.2, -0.15) is 0 Å². The molecule has 0 bridgehead atoms. The van der Waals surface area contributed by atoms with Gasteiger partial charge in [-0.3, -0.25) is 9.97 Å². The highest BCUT2D eigenvalue weighted by Crippen LogP contribution is 2.37. The fourth-order valence-corrected chi connectivity index (χ4v) is 3.20. The Morgan fingerprint density at radius 2 is 1.94 bits per heavy atom. The number of rotatable bonds is 3. The van der Waals surface area contributed by atoms with Gasteiger partial charge in [-0.05, 0) is 37.4 Å². The minimum absolute atomic E-state index is 0.410. The summed E-state index contributed by atoms with van der Waals surface area (Å²) in [5, 5.41) is 3.48. The topological polar surface area (TPSA) is 37.8 Å². The Balaban J connectivity index is 2.06. The Kier molecular flexibility index (Phi) is 3.24. The van der Waals surface area contributed by atoms with Crippen molar-refractivity contribution in [1.29, 1.82) is 0 Å². The van der Waals surface area contributed by atoms with Crippen molar-refractivity contribution in [3.8, 4) is 0 Å². The average molecular weight is 241 g/mol. The van der Waals surface area contributed by atoms with Crippen LogP contribution in [-0.4, -0.2) is 17.0 Å². The average Bonchev–Trinajstić information content (AvgIpc) is 2.94. The van der Waals surface area contributed by atoms with Crippen molar-refractivity contribution < 1.29 is 0 Å². The van der Waals surface area contributed by atoms with E-state index in [4.69, 9.17) is 0 Å². The first kappa shape index (κ1) is 11.6. The molecule has 0 saturated heterocycles. The summed E-state index contributed by atoms with van der Waals surface area (Å²) in [7, 11) is 2.05. The second kappa shape index (κ2) is 5.02. The van der Waals surface area contributed by atoms with Gasteiger partial charge in [0.05, 0.1) is 11.0 Å². The Hall–Kier alpha value is -1.48. The predicted octanol–water partition coefficient (Wildman–Crippen LogP) is 3.08. The van der Waals surface area contributed by atoms with Crippen LogP contribution in [0.4, 0.5) is 0 Å². The molecule has 0 aliphatic heterocycles. The van der Waals surface area contributed by atoms with Gasteiger partial charge in [0, 0.05) is 18.4 Å². The molecule has 3 rings (SSSR count). The van der Waals surface area contributed by atoms with Crippen LogP contribution in [0.15, 0.2) is 30.6 Å². The van der Waals surface area contributed by atoms with Crippen LogP contribution in [-0.2, 0) is 0 Å². The first-order valence-electron chi connectivity index (χ1n) is 6.77. The molecule has 1 aromatic carbocycles. The van der Waals surface area contributed by atoms with E-state index < -0.39 is 0 Å². The minimum atomic E-state index is 0.410. The lowest BCUT2D eigenvalue weighted by molar-refractivity contribution is 0.392. The number of hydrogen-bond acceptors (Lipinski definition) is 3. The third kappa shape index (κ3) is 1.99. The number of hydrogen-bond donors (Lipinski definition) is 1. The van der Waals surface area contributed by atoms with Gasteiger partial charge < -0.3 is 5.32 Å². The summed E-state index contributed by atoms with van der Waals surface area (Å²) in [5.41, 5.74) is 3.34. The molecular weight excluding hydrogens is 222 g/mol. The van der Waals surface area contributed by atoms with Crippen molar-refractivity contribution >= 4 is 11.0 Å². The van der Waals surface area contributed by atoms with Crippen molar-refractivity contribution in [2.75, 3.05) is 7.05 Å². The molecule has 1 aliphatic carbocycles. The summed E-state index contributed by atoms with van der Waals surface area (Å²) in [5.74, 6) is 0.739. The van der Waals surface area contributed by atoms with Crippen molar-refractivity contribution in [2.45, 2.75) is 31.7 Å². The molecule has 1 saturated carbocycles. The molecule has 1 N–H and O–H groups in total. The molecule has 94 valence electrons. The summed E-state index contributed by atoms with van der Waals surface area (Å²) >= 11 is 0. The lowest BCUT2D eigenvalue weighted by Gasteiger charge is -2.24. The van der Waals surface area contributed by atoms with Crippen molar-refractivity contribution in [3.05, 3.63) is 36.2 Å². The summed E-state index contributed by atoms with van der Waals surface area (Å²) in [6.07, 6.45) is 8.91. The van der Waals surface area contributed by atoms with Crippen LogP contribution >= 0.6 is 0 Å². The maximum absolute atomic E-state index is 4.52.